The number of ether oxygens (including phenoxy) is 1. The maximum atomic E-state index is 12.8. The van der Waals surface area contributed by atoms with E-state index in [1.807, 2.05) is 24.3 Å². The highest BCUT2D eigenvalue weighted by atomic mass is 35.5. The summed E-state index contributed by atoms with van der Waals surface area (Å²) in [4.78, 5) is 12.8. The maximum absolute atomic E-state index is 12.8. The second-order valence-electron chi connectivity index (χ2n) is 7.24. The highest BCUT2D eigenvalue weighted by Gasteiger charge is 2.25. The van der Waals surface area contributed by atoms with Crippen LogP contribution in [0.2, 0.25) is 5.02 Å². The summed E-state index contributed by atoms with van der Waals surface area (Å²) in [5, 5.41) is 4.53. The van der Waals surface area contributed by atoms with E-state index >= 15 is 0 Å². The predicted octanol–water partition coefficient (Wildman–Crippen LogP) is 6.57. The minimum atomic E-state index is -0.501. The molecule has 1 aromatic heterocycles. The molecule has 0 bridgehead atoms. The Kier molecular flexibility index (Phi) is 5.49. The molecule has 0 N–H and O–H groups in total. The van der Waals surface area contributed by atoms with Crippen LogP contribution in [0.25, 0.3) is 11.3 Å². The summed E-state index contributed by atoms with van der Waals surface area (Å²) >= 11 is 6.26. The second-order valence-corrected chi connectivity index (χ2v) is 7.64. The number of hydrogen-bond donors (Lipinski definition) is 0. The molecule has 3 aromatic rings. The third kappa shape index (κ3) is 3.83. The van der Waals surface area contributed by atoms with Gasteiger partial charge in [0.25, 0.3) is 0 Å². The number of aryl methyl sites for hydroxylation is 1. The Hall–Kier alpha value is -2.59. The van der Waals surface area contributed by atoms with E-state index in [2.05, 4.69) is 17.3 Å². The topological polar surface area (TPSA) is 52.3 Å². The van der Waals surface area contributed by atoms with Crippen LogP contribution in [0.15, 0.2) is 53.1 Å². The Bertz CT molecular complexity index is 972. The van der Waals surface area contributed by atoms with Crippen molar-refractivity contribution in [2.75, 3.05) is 0 Å². The molecule has 1 heterocycles. The van der Waals surface area contributed by atoms with Crippen molar-refractivity contribution < 1.29 is 14.1 Å². The van der Waals surface area contributed by atoms with Crippen LogP contribution in [0.1, 0.15) is 59.7 Å². The van der Waals surface area contributed by atoms with Gasteiger partial charge in [-0.2, -0.15) is 0 Å². The molecule has 0 atom stereocenters. The van der Waals surface area contributed by atoms with Crippen LogP contribution in [-0.2, 0) is 0 Å². The summed E-state index contributed by atoms with van der Waals surface area (Å²) in [6.07, 6.45) is 6.39. The number of carbonyl (C=O) groups is 1. The van der Waals surface area contributed by atoms with Gasteiger partial charge in [0.2, 0.25) is 0 Å². The third-order valence-electron chi connectivity index (χ3n) is 5.36. The van der Waals surface area contributed by atoms with Crippen molar-refractivity contribution in [3.63, 3.8) is 0 Å². The summed E-state index contributed by atoms with van der Waals surface area (Å²) in [6, 6.07) is 15.1. The van der Waals surface area contributed by atoms with Gasteiger partial charge in [0.1, 0.15) is 22.8 Å². The highest BCUT2D eigenvalue weighted by molar-refractivity contribution is 6.33. The molecule has 144 valence electrons. The summed E-state index contributed by atoms with van der Waals surface area (Å²) in [7, 11) is 0. The van der Waals surface area contributed by atoms with Crippen LogP contribution in [0.4, 0.5) is 0 Å². The minimum absolute atomic E-state index is 0.296. The van der Waals surface area contributed by atoms with Crippen LogP contribution in [0.3, 0.4) is 0 Å². The largest absolute Gasteiger partial charge is 0.423 e. The summed E-state index contributed by atoms with van der Waals surface area (Å²) in [5.41, 5.74) is 2.65. The normalized spacial score (nSPS) is 14.8. The predicted molar refractivity (Wildman–Crippen MR) is 109 cm³/mol. The monoisotopic (exact) mass is 395 g/mol. The lowest BCUT2D eigenvalue weighted by Gasteiger charge is -2.22. The van der Waals surface area contributed by atoms with Gasteiger partial charge in [0, 0.05) is 5.56 Å². The zero-order chi connectivity index (χ0) is 19.5. The summed E-state index contributed by atoms with van der Waals surface area (Å²) < 4.78 is 10.9. The van der Waals surface area contributed by atoms with Gasteiger partial charge in [-0.15, -0.1) is 0 Å². The van der Waals surface area contributed by atoms with Crippen molar-refractivity contribution in [1.29, 1.82) is 0 Å². The molecule has 0 amide bonds. The third-order valence-corrected chi connectivity index (χ3v) is 5.69. The Morgan fingerprint density at radius 1 is 1.07 bits per heavy atom. The molecule has 0 spiro atoms. The lowest BCUT2D eigenvalue weighted by atomic mass is 9.84. The maximum Gasteiger partial charge on any atom is 0.349 e. The van der Waals surface area contributed by atoms with E-state index in [1.54, 1.807) is 19.1 Å². The van der Waals surface area contributed by atoms with Gasteiger partial charge < -0.3 is 9.26 Å². The van der Waals surface area contributed by atoms with Crippen LogP contribution in [0.5, 0.6) is 5.75 Å². The number of carbonyl (C=O) groups excluding carboxylic acids is 1. The Morgan fingerprint density at radius 3 is 2.50 bits per heavy atom. The molecule has 0 aliphatic heterocycles. The smallest absolute Gasteiger partial charge is 0.349 e. The van der Waals surface area contributed by atoms with Crippen LogP contribution in [-0.4, -0.2) is 11.1 Å². The Morgan fingerprint density at radius 2 is 1.79 bits per heavy atom. The number of esters is 1. The molecule has 1 fully saturated rings. The van der Waals surface area contributed by atoms with Crippen LogP contribution >= 0.6 is 11.6 Å². The van der Waals surface area contributed by atoms with Crippen molar-refractivity contribution in [2.24, 2.45) is 0 Å². The molecule has 0 radical (unpaired) electrons. The van der Waals surface area contributed by atoms with Crippen molar-refractivity contribution in [3.05, 3.63) is 70.4 Å². The fourth-order valence-electron chi connectivity index (χ4n) is 3.85. The first-order chi connectivity index (χ1) is 13.6. The zero-order valence-electron chi connectivity index (χ0n) is 15.8. The molecule has 1 saturated carbocycles. The summed E-state index contributed by atoms with van der Waals surface area (Å²) in [6.45, 7) is 1.69. The van der Waals surface area contributed by atoms with E-state index in [0.29, 0.717) is 39.3 Å². The van der Waals surface area contributed by atoms with E-state index in [9.17, 15) is 4.79 Å². The Labute approximate surface area is 169 Å². The van der Waals surface area contributed by atoms with Gasteiger partial charge in [-0.3, -0.25) is 0 Å². The van der Waals surface area contributed by atoms with E-state index < -0.39 is 5.97 Å². The Balaban J connectivity index is 1.54. The van der Waals surface area contributed by atoms with E-state index in [0.717, 1.165) is 0 Å². The van der Waals surface area contributed by atoms with E-state index in [4.69, 9.17) is 20.9 Å². The van der Waals surface area contributed by atoms with Crippen molar-refractivity contribution in [3.8, 4) is 17.0 Å². The SMILES string of the molecule is Cc1onc(-c2ccccc2Cl)c1C(=O)Oc1ccc(C2CCCCC2)cc1. The quantitative estimate of drug-likeness (QED) is 0.370. The van der Waals surface area contributed by atoms with Gasteiger partial charge >= 0.3 is 5.97 Å². The fourth-order valence-corrected chi connectivity index (χ4v) is 4.08. The number of hydrogen-bond acceptors (Lipinski definition) is 4. The van der Waals surface area contributed by atoms with Gasteiger partial charge in [0.15, 0.2) is 0 Å². The number of nitrogens with zero attached hydrogens (tertiary/aromatic N) is 1. The first kappa shape index (κ1) is 18.8. The number of rotatable bonds is 4. The minimum Gasteiger partial charge on any atom is -0.423 e. The van der Waals surface area contributed by atoms with Gasteiger partial charge in [-0.05, 0) is 49.4 Å². The molecule has 1 aliphatic rings. The van der Waals surface area contributed by atoms with Crippen molar-refractivity contribution >= 4 is 17.6 Å². The van der Waals surface area contributed by atoms with Crippen molar-refractivity contribution in [2.45, 2.75) is 44.9 Å². The molecule has 4 nitrogen and oxygen atoms in total. The van der Waals surface area contributed by atoms with Crippen molar-refractivity contribution in [1.82, 2.24) is 5.16 Å². The summed E-state index contributed by atoms with van der Waals surface area (Å²) in [5.74, 6) is 1.03. The van der Waals surface area contributed by atoms with Gasteiger partial charge in [-0.25, -0.2) is 4.79 Å². The first-order valence-corrected chi connectivity index (χ1v) is 10.0. The molecule has 28 heavy (non-hydrogen) atoms. The van der Waals surface area contributed by atoms with E-state index in [1.165, 1.54) is 37.7 Å². The lowest BCUT2D eigenvalue weighted by molar-refractivity contribution is 0.0733. The van der Waals surface area contributed by atoms with Crippen LogP contribution < -0.4 is 4.74 Å². The molecule has 0 unspecified atom stereocenters. The molecule has 5 heteroatoms. The molecule has 4 rings (SSSR count). The molecular formula is C23H22ClNO3. The zero-order valence-corrected chi connectivity index (χ0v) is 16.5. The van der Waals surface area contributed by atoms with Gasteiger partial charge in [0.05, 0.1) is 5.02 Å². The standard InChI is InChI=1S/C23H22ClNO3/c1-15-21(22(25-28-15)19-9-5-6-10-20(19)24)23(26)27-18-13-11-17(12-14-18)16-7-3-2-4-8-16/h5-6,9-14,16H,2-4,7-8H2,1H3. The second kappa shape index (κ2) is 8.19. The first-order valence-electron chi connectivity index (χ1n) is 9.67. The van der Waals surface area contributed by atoms with Gasteiger partial charge in [-0.1, -0.05) is 66.4 Å². The average molecular weight is 396 g/mol. The lowest BCUT2D eigenvalue weighted by Crippen LogP contribution is -2.11. The highest BCUT2D eigenvalue weighted by Crippen LogP contribution is 2.34. The fraction of sp³-hybridized carbons (Fsp3) is 0.304. The average Bonchev–Trinajstić information content (AvgIpc) is 3.11. The molecular weight excluding hydrogens is 374 g/mol. The number of halogens is 1. The number of aromatic nitrogens is 1. The number of benzene rings is 2. The van der Waals surface area contributed by atoms with Crippen LogP contribution in [0, 0.1) is 6.92 Å². The van der Waals surface area contributed by atoms with E-state index in [-0.39, 0.29) is 0 Å². The molecule has 0 saturated heterocycles. The molecule has 2 aromatic carbocycles. The molecule has 1 aliphatic carbocycles.